The Morgan fingerprint density at radius 3 is 2.67 bits per heavy atom. The maximum Gasteiger partial charge on any atom is 0.253 e. The number of hydrogen-bond acceptors (Lipinski definition) is 4. The molecule has 0 saturated carbocycles. The summed E-state index contributed by atoms with van der Waals surface area (Å²) >= 11 is 0. The maximum atomic E-state index is 12.5. The van der Waals surface area contributed by atoms with Crippen LogP contribution in [0.5, 0.6) is 0 Å². The van der Waals surface area contributed by atoms with E-state index >= 15 is 0 Å². The smallest absolute Gasteiger partial charge is 0.253 e. The largest absolute Gasteiger partial charge is 0.351 e. The van der Waals surface area contributed by atoms with Crippen LogP contribution in [-0.2, 0) is 9.59 Å². The van der Waals surface area contributed by atoms with Gasteiger partial charge in [0.2, 0.25) is 11.8 Å². The first-order chi connectivity index (χ1) is 11.0. The summed E-state index contributed by atoms with van der Waals surface area (Å²) in [6.07, 6.45) is 1.43. The molecule has 24 heavy (non-hydrogen) atoms. The second-order valence-electron chi connectivity index (χ2n) is 5.45. The number of hydrogen-bond donors (Lipinski definition) is 3. The van der Waals surface area contributed by atoms with Crippen molar-refractivity contribution in [3.05, 3.63) is 29.8 Å². The van der Waals surface area contributed by atoms with Crippen LogP contribution in [0.3, 0.4) is 0 Å². The number of halogens is 1. The number of amides is 3. The minimum Gasteiger partial charge on any atom is -0.351 e. The molecule has 1 aliphatic rings. The summed E-state index contributed by atoms with van der Waals surface area (Å²) in [5.74, 6) is -0.672. The van der Waals surface area contributed by atoms with Gasteiger partial charge >= 0.3 is 0 Å². The zero-order chi connectivity index (χ0) is 16.8. The van der Waals surface area contributed by atoms with Crippen LogP contribution >= 0.6 is 12.4 Å². The Bertz CT molecular complexity index is 609. The molecule has 7 nitrogen and oxygen atoms in total. The number of nitrogens with one attached hydrogen (secondary N) is 2. The van der Waals surface area contributed by atoms with E-state index in [1.54, 1.807) is 29.2 Å². The fourth-order valence-electron chi connectivity index (χ4n) is 2.70. The number of benzene rings is 1. The summed E-state index contributed by atoms with van der Waals surface area (Å²) in [4.78, 5) is 37.7. The van der Waals surface area contributed by atoms with Crippen molar-refractivity contribution < 1.29 is 14.4 Å². The van der Waals surface area contributed by atoms with Crippen LogP contribution in [-0.4, -0.2) is 48.3 Å². The summed E-state index contributed by atoms with van der Waals surface area (Å²) in [7, 11) is 0. The predicted molar refractivity (Wildman–Crippen MR) is 94.1 cm³/mol. The van der Waals surface area contributed by atoms with E-state index in [4.69, 9.17) is 5.73 Å². The molecule has 1 fully saturated rings. The minimum absolute atomic E-state index is 0. The van der Waals surface area contributed by atoms with Gasteiger partial charge in [-0.1, -0.05) is 12.1 Å². The highest BCUT2D eigenvalue weighted by Gasteiger charge is 2.32. The Labute approximate surface area is 147 Å². The average molecular weight is 355 g/mol. The third-order valence-electron chi connectivity index (χ3n) is 3.82. The van der Waals surface area contributed by atoms with Gasteiger partial charge in [-0.05, 0) is 25.0 Å². The number of para-hydroxylation sites is 1. The highest BCUT2D eigenvalue weighted by atomic mass is 35.5. The average Bonchev–Trinajstić information content (AvgIpc) is 3.03. The van der Waals surface area contributed by atoms with Gasteiger partial charge < -0.3 is 21.3 Å². The molecule has 1 atom stereocenters. The van der Waals surface area contributed by atoms with E-state index in [0.717, 1.165) is 6.42 Å². The van der Waals surface area contributed by atoms with Crippen molar-refractivity contribution in [1.82, 2.24) is 10.2 Å². The maximum absolute atomic E-state index is 12.5. The van der Waals surface area contributed by atoms with E-state index in [-0.39, 0.29) is 30.1 Å². The second kappa shape index (κ2) is 9.24. The Kier molecular flexibility index (Phi) is 7.67. The van der Waals surface area contributed by atoms with Gasteiger partial charge in [-0.3, -0.25) is 14.4 Å². The quantitative estimate of drug-likeness (QED) is 0.725. The lowest BCUT2D eigenvalue weighted by Crippen LogP contribution is -2.42. The minimum atomic E-state index is -0.479. The number of nitrogens with zero attached hydrogens (tertiary/aromatic N) is 1. The lowest BCUT2D eigenvalue weighted by molar-refractivity contribution is -0.134. The Morgan fingerprint density at radius 2 is 2.00 bits per heavy atom. The number of likely N-dealkylation sites (tertiary alicyclic amines) is 1. The first-order valence-electron chi connectivity index (χ1n) is 7.70. The molecule has 1 aromatic carbocycles. The van der Waals surface area contributed by atoms with Crippen molar-refractivity contribution >= 4 is 35.8 Å². The Balaban J connectivity index is 0.00000288. The van der Waals surface area contributed by atoms with Gasteiger partial charge in [0.25, 0.3) is 5.91 Å². The molecule has 2 rings (SSSR count). The van der Waals surface area contributed by atoms with Crippen molar-refractivity contribution in [1.29, 1.82) is 0 Å². The van der Waals surface area contributed by atoms with Crippen molar-refractivity contribution in [3.8, 4) is 0 Å². The monoisotopic (exact) mass is 354 g/mol. The third kappa shape index (κ3) is 4.69. The molecule has 1 unspecified atom stereocenters. The van der Waals surface area contributed by atoms with Gasteiger partial charge in [0.15, 0.2) is 0 Å². The van der Waals surface area contributed by atoms with E-state index in [1.807, 2.05) is 0 Å². The number of carbonyl (C=O) groups excluding carboxylic acids is 3. The van der Waals surface area contributed by atoms with Crippen LogP contribution in [0, 0.1) is 0 Å². The van der Waals surface area contributed by atoms with Gasteiger partial charge in [0.1, 0.15) is 6.04 Å². The lowest BCUT2D eigenvalue weighted by Gasteiger charge is -2.23. The molecule has 0 aromatic heterocycles. The molecular weight excluding hydrogens is 332 g/mol. The summed E-state index contributed by atoms with van der Waals surface area (Å²) in [5, 5.41) is 5.45. The van der Waals surface area contributed by atoms with Crippen LogP contribution in [0.15, 0.2) is 24.3 Å². The van der Waals surface area contributed by atoms with Crippen LogP contribution in [0.25, 0.3) is 0 Å². The molecule has 4 N–H and O–H groups in total. The van der Waals surface area contributed by atoms with Crippen molar-refractivity contribution in [2.45, 2.75) is 25.8 Å². The van der Waals surface area contributed by atoms with E-state index in [9.17, 15) is 14.4 Å². The molecule has 0 aliphatic carbocycles. The number of carbonyl (C=O) groups is 3. The number of nitrogens with two attached hydrogens (primary N) is 1. The first-order valence-corrected chi connectivity index (χ1v) is 7.70. The molecule has 3 amide bonds. The van der Waals surface area contributed by atoms with Gasteiger partial charge in [0.05, 0.1) is 11.3 Å². The van der Waals surface area contributed by atoms with Crippen LogP contribution in [0.1, 0.15) is 30.1 Å². The molecule has 1 saturated heterocycles. The zero-order valence-corrected chi connectivity index (χ0v) is 14.4. The van der Waals surface area contributed by atoms with Gasteiger partial charge in [-0.2, -0.15) is 0 Å². The molecule has 1 heterocycles. The normalized spacial score (nSPS) is 16.2. The SMILES string of the molecule is CC(=O)N1CCCC1C(=O)Nc1ccccc1C(=O)NCCN.Cl. The molecule has 132 valence electrons. The summed E-state index contributed by atoms with van der Waals surface area (Å²) < 4.78 is 0. The molecule has 0 bridgehead atoms. The molecule has 0 spiro atoms. The van der Waals surface area contributed by atoms with Crippen LogP contribution in [0.2, 0.25) is 0 Å². The van der Waals surface area contributed by atoms with Gasteiger partial charge in [-0.25, -0.2) is 0 Å². The zero-order valence-electron chi connectivity index (χ0n) is 13.6. The first kappa shape index (κ1) is 19.9. The summed E-state index contributed by atoms with van der Waals surface area (Å²) in [5.41, 5.74) is 6.19. The van der Waals surface area contributed by atoms with Crippen molar-refractivity contribution in [3.63, 3.8) is 0 Å². The van der Waals surface area contributed by atoms with E-state index in [1.165, 1.54) is 6.92 Å². The molecule has 1 aromatic rings. The summed E-state index contributed by atoms with van der Waals surface area (Å²) in [6.45, 7) is 2.75. The van der Waals surface area contributed by atoms with E-state index in [0.29, 0.717) is 37.3 Å². The van der Waals surface area contributed by atoms with E-state index < -0.39 is 6.04 Å². The molecule has 8 heteroatoms. The molecule has 0 radical (unpaired) electrons. The molecular formula is C16H23ClN4O3. The Morgan fingerprint density at radius 1 is 1.29 bits per heavy atom. The standard InChI is InChI=1S/C16H22N4O3.ClH/c1-11(21)20-10-4-7-14(20)16(23)19-13-6-3-2-5-12(13)15(22)18-9-8-17;/h2-3,5-6,14H,4,7-10,17H2,1H3,(H,18,22)(H,19,23);1H. The number of anilines is 1. The topological polar surface area (TPSA) is 105 Å². The fraction of sp³-hybridized carbons (Fsp3) is 0.438. The second-order valence-corrected chi connectivity index (χ2v) is 5.45. The van der Waals surface area contributed by atoms with Crippen LogP contribution in [0.4, 0.5) is 5.69 Å². The highest BCUT2D eigenvalue weighted by molar-refractivity contribution is 6.05. The van der Waals surface area contributed by atoms with Gasteiger partial charge in [-0.15, -0.1) is 12.4 Å². The summed E-state index contributed by atoms with van der Waals surface area (Å²) in [6, 6.07) is 6.30. The lowest BCUT2D eigenvalue weighted by atomic mass is 10.1. The fourth-order valence-corrected chi connectivity index (χ4v) is 2.70. The highest BCUT2D eigenvalue weighted by Crippen LogP contribution is 2.21. The number of rotatable bonds is 5. The Hall–Kier alpha value is -2.12. The van der Waals surface area contributed by atoms with Crippen molar-refractivity contribution in [2.24, 2.45) is 5.73 Å². The third-order valence-corrected chi connectivity index (χ3v) is 3.82. The van der Waals surface area contributed by atoms with E-state index in [2.05, 4.69) is 10.6 Å². The van der Waals surface area contributed by atoms with Gasteiger partial charge in [0, 0.05) is 26.6 Å². The predicted octanol–water partition coefficient (Wildman–Crippen LogP) is 0.746. The molecule has 1 aliphatic heterocycles. The van der Waals surface area contributed by atoms with Crippen LogP contribution < -0.4 is 16.4 Å². The van der Waals surface area contributed by atoms with Crippen molar-refractivity contribution in [2.75, 3.05) is 25.0 Å².